The summed E-state index contributed by atoms with van der Waals surface area (Å²) in [5.41, 5.74) is 0.934. The van der Waals surface area contributed by atoms with Crippen LogP contribution in [-0.4, -0.2) is 37.1 Å². The maximum Gasteiger partial charge on any atom is 0.407 e. The Labute approximate surface area is 118 Å². The second-order valence-corrected chi connectivity index (χ2v) is 4.97. The maximum atomic E-state index is 11.7. The van der Waals surface area contributed by atoms with Crippen molar-refractivity contribution in [2.75, 3.05) is 19.8 Å². The number of carbonyl (C=O) groups is 1. The molecule has 0 radical (unpaired) electrons. The average molecular weight is 279 g/mol. The number of carbonyl (C=O) groups excluding carboxylic acids is 1. The molecule has 110 valence electrons. The Morgan fingerprint density at radius 2 is 2.25 bits per heavy atom. The highest BCUT2D eigenvalue weighted by Gasteiger charge is 2.25. The van der Waals surface area contributed by atoms with Crippen molar-refractivity contribution in [1.29, 1.82) is 0 Å². The van der Waals surface area contributed by atoms with Crippen LogP contribution < -0.4 is 5.32 Å². The average Bonchev–Trinajstić information content (AvgIpc) is 2.52. The fourth-order valence-corrected chi connectivity index (χ4v) is 2.31. The molecule has 5 heteroatoms. The van der Waals surface area contributed by atoms with Gasteiger partial charge in [-0.3, -0.25) is 0 Å². The van der Waals surface area contributed by atoms with E-state index < -0.39 is 6.09 Å². The lowest BCUT2D eigenvalue weighted by atomic mass is 9.94. The number of alkyl carbamates (subject to hydrolysis) is 1. The zero-order valence-corrected chi connectivity index (χ0v) is 11.5. The van der Waals surface area contributed by atoms with Crippen LogP contribution in [0.15, 0.2) is 30.3 Å². The second kappa shape index (κ2) is 7.87. The van der Waals surface area contributed by atoms with Gasteiger partial charge >= 0.3 is 6.09 Å². The third-order valence-electron chi connectivity index (χ3n) is 3.48. The molecule has 20 heavy (non-hydrogen) atoms. The SMILES string of the molecule is O=C(NC(CO)C1CCCOC1)OCc1ccccc1. The summed E-state index contributed by atoms with van der Waals surface area (Å²) in [6.07, 6.45) is 1.41. The van der Waals surface area contributed by atoms with Gasteiger partial charge in [-0.25, -0.2) is 4.79 Å². The van der Waals surface area contributed by atoms with E-state index in [2.05, 4.69) is 5.32 Å². The van der Waals surface area contributed by atoms with Crippen LogP contribution >= 0.6 is 0 Å². The minimum absolute atomic E-state index is 0.103. The number of aliphatic hydroxyl groups is 1. The van der Waals surface area contributed by atoms with E-state index in [-0.39, 0.29) is 25.2 Å². The first-order valence-corrected chi connectivity index (χ1v) is 6.95. The molecule has 1 aromatic rings. The Bertz CT molecular complexity index is 404. The topological polar surface area (TPSA) is 67.8 Å². The molecule has 1 aliphatic heterocycles. The van der Waals surface area contributed by atoms with Crippen LogP contribution in [0.2, 0.25) is 0 Å². The zero-order valence-electron chi connectivity index (χ0n) is 11.5. The highest BCUT2D eigenvalue weighted by molar-refractivity contribution is 5.67. The first-order valence-electron chi connectivity index (χ1n) is 6.95. The van der Waals surface area contributed by atoms with Crippen LogP contribution in [0.5, 0.6) is 0 Å². The van der Waals surface area contributed by atoms with E-state index in [0.717, 1.165) is 25.0 Å². The largest absolute Gasteiger partial charge is 0.445 e. The predicted molar refractivity (Wildman–Crippen MR) is 74.2 cm³/mol. The quantitative estimate of drug-likeness (QED) is 0.861. The number of benzene rings is 1. The highest BCUT2D eigenvalue weighted by Crippen LogP contribution is 2.17. The first-order chi connectivity index (χ1) is 9.79. The van der Waals surface area contributed by atoms with Gasteiger partial charge in [-0.1, -0.05) is 30.3 Å². The Hall–Kier alpha value is -1.59. The van der Waals surface area contributed by atoms with Gasteiger partial charge in [0.2, 0.25) is 0 Å². The summed E-state index contributed by atoms with van der Waals surface area (Å²) in [7, 11) is 0. The van der Waals surface area contributed by atoms with Crippen LogP contribution in [0.3, 0.4) is 0 Å². The number of hydrogen-bond donors (Lipinski definition) is 2. The van der Waals surface area contributed by atoms with Crippen LogP contribution in [-0.2, 0) is 16.1 Å². The van der Waals surface area contributed by atoms with Gasteiger partial charge < -0.3 is 19.9 Å². The molecule has 2 rings (SSSR count). The molecule has 1 aromatic carbocycles. The molecule has 1 amide bonds. The molecule has 2 unspecified atom stereocenters. The third-order valence-corrected chi connectivity index (χ3v) is 3.48. The summed E-state index contributed by atoms with van der Waals surface area (Å²) < 4.78 is 10.5. The highest BCUT2D eigenvalue weighted by atomic mass is 16.5. The molecule has 0 bridgehead atoms. The van der Waals surface area contributed by atoms with E-state index in [1.807, 2.05) is 30.3 Å². The Balaban J connectivity index is 1.77. The summed E-state index contributed by atoms with van der Waals surface area (Å²) in [5.74, 6) is 0.151. The molecular formula is C15H21NO4. The van der Waals surface area contributed by atoms with E-state index in [9.17, 15) is 9.90 Å². The summed E-state index contributed by atoms with van der Waals surface area (Å²) in [6.45, 7) is 1.46. The Morgan fingerprint density at radius 1 is 1.45 bits per heavy atom. The number of nitrogens with one attached hydrogen (secondary N) is 1. The number of hydrogen-bond acceptors (Lipinski definition) is 4. The van der Waals surface area contributed by atoms with Crippen molar-refractivity contribution in [2.24, 2.45) is 5.92 Å². The summed E-state index contributed by atoms with van der Waals surface area (Å²) in [4.78, 5) is 11.7. The molecule has 2 atom stereocenters. The van der Waals surface area contributed by atoms with Gasteiger partial charge in [0, 0.05) is 12.5 Å². The molecule has 1 aliphatic rings. The van der Waals surface area contributed by atoms with Gasteiger partial charge in [0.1, 0.15) is 6.61 Å². The number of aliphatic hydroxyl groups excluding tert-OH is 1. The smallest absolute Gasteiger partial charge is 0.407 e. The van der Waals surface area contributed by atoms with Crippen LogP contribution in [0, 0.1) is 5.92 Å². The molecule has 0 aliphatic carbocycles. The Morgan fingerprint density at radius 3 is 2.90 bits per heavy atom. The number of ether oxygens (including phenoxy) is 2. The summed E-state index contributed by atoms with van der Waals surface area (Å²) >= 11 is 0. The molecule has 5 nitrogen and oxygen atoms in total. The molecule has 1 saturated heterocycles. The number of amides is 1. The lowest BCUT2D eigenvalue weighted by Gasteiger charge is -2.29. The predicted octanol–water partition coefficient (Wildman–Crippen LogP) is 1.70. The molecule has 1 heterocycles. The lowest BCUT2D eigenvalue weighted by molar-refractivity contribution is 0.0268. The van der Waals surface area contributed by atoms with E-state index in [1.165, 1.54) is 0 Å². The fourth-order valence-electron chi connectivity index (χ4n) is 2.31. The van der Waals surface area contributed by atoms with E-state index >= 15 is 0 Å². The van der Waals surface area contributed by atoms with Crippen molar-refractivity contribution in [3.63, 3.8) is 0 Å². The van der Waals surface area contributed by atoms with Crippen LogP contribution in [0.4, 0.5) is 4.79 Å². The van der Waals surface area contributed by atoms with Gasteiger partial charge in [0.15, 0.2) is 0 Å². The molecule has 0 aromatic heterocycles. The van der Waals surface area contributed by atoms with Gasteiger partial charge in [-0.15, -0.1) is 0 Å². The summed E-state index contributed by atoms with van der Waals surface area (Å²) in [6, 6.07) is 9.18. The van der Waals surface area contributed by atoms with Gasteiger partial charge in [-0.05, 0) is 18.4 Å². The van der Waals surface area contributed by atoms with Crippen molar-refractivity contribution in [3.05, 3.63) is 35.9 Å². The minimum atomic E-state index is -0.501. The van der Waals surface area contributed by atoms with Gasteiger partial charge in [0.05, 0.1) is 19.3 Å². The third kappa shape index (κ3) is 4.51. The molecular weight excluding hydrogens is 258 g/mol. The molecule has 0 spiro atoms. The van der Waals surface area contributed by atoms with E-state index in [1.54, 1.807) is 0 Å². The Kier molecular flexibility index (Phi) is 5.83. The van der Waals surface area contributed by atoms with Crippen LogP contribution in [0.25, 0.3) is 0 Å². The zero-order chi connectivity index (χ0) is 14.2. The standard InChI is InChI=1S/C15H21NO4/c17-9-14(13-7-4-8-19-11-13)16-15(18)20-10-12-5-2-1-3-6-12/h1-3,5-6,13-14,17H,4,7-11H2,(H,16,18). The molecule has 2 N–H and O–H groups in total. The van der Waals surface area contributed by atoms with Gasteiger partial charge in [0.25, 0.3) is 0 Å². The van der Waals surface area contributed by atoms with Gasteiger partial charge in [-0.2, -0.15) is 0 Å². The van der Waals surface area contributed by atoms with Crippen molar-refractivity contribution < 1.29 is 19.4 Å². The van der Waals surface area contributed by atoms with Crippen molar-refractivity contribution >= 4 is 6.09 Å². The molecule has 1 fully saturated rings. The monoisotopic (exact) mass is 279 g/mol. The second-order valence-electron chi connectivity index (χ2n) is 4.97. The van der Waals surface area contributed by atoms with E-state index in [0.29, 0.717) is 6.61 Å². The van der Waals surface area contributed by atoms with Crippen molar-refractivity contribution in [2.45, 2.75) is 25.5 Å². The maximum absolute atomic E-state index is 11.7. The fraction of sp³-hybridized carbons (Fsp3) is 0.533. The summed E-state index contributed by atoms with van der Waals surface area (Å²) in [5, 5.41) is 12.1. The lowest BCUT2D eigenvalue weighted by Crippen LogP contribution is -2.45. The normalized spacial score (nSPS) is 20.1. The number of rotatable bonds is 5. The van der Waals surface area contributed by atoms with Crippen molar-refractivity contribution in [1.82, 2.24) is 5.32 Å². The van der Waals surface area contributed by atoms with E-state index in [4.69, 9.17) is 9.47 Å². The molecule has 0 saturated carbocycles. The minimum Gasteiger partial charge on any atom is -0.445 e. The first kappa shape index (κ1) is 14.8. The van der Waals surface area contributed by atoms with Crippen molar-refractivity contribution in [3.8, 4) is 0 Å². The van der Waals surface area contributed by atoms with Crippen LogP contribution in [0.1, 0.15) is 18.4 Å².